The molecule has 3 aromatic rings. The monoisotopic (exact) mass is 287 g/mol. The van der Waals surface area contributed by atoms with Crippen LogP contribution in [0.5, 0.6) is 5.88 Å². The molecule has 2 aromatic heterocycles. The Kier molecular flexibility index (Phi) is 3.19. The van der Waals surface area contributed by atoms with Crippen LogP contribution in [0.25, 0.3) is 16.9 Å². The molecule has 0 fully saturated rings. The van der Waals surface area contributed by atoms with Crippen molar-refractivity contribution < 1.29 is 4.74 Å². The topological polar surface area (TPSA) is 78.8 Å². The van der Waals surface area contributed by atoms with E-state index >= 15 is 0 Å². The van der Waals surface area contributed by atoms with E-state index in [2.05, 4.69) is 15.0 Å². The van der Waals surface area contributed by atoms with E-state index < -0.39 is 0 Å². The highest BCUT2D eigenvalue weighted by molar-refractivity contribution is 7.98. The maximum Gasteiger partial charge on any atom is 0.245 e. The molecule has 0 saturated heterocycles. The Bertz CT molecular complexity index is 771. The quantitative estimate of drug-likeness (QED) is 0.743. The van der Waals surface area contributed by atoms with E-state index in [9.17, 15) is 0 Å². The Hall–Kier alpha value is -2.28. The summed E-state index contributed by atoms with van der Waals surface area (Å²) >= 11 is 1.64. The number of hydrogen-bond donors (Lipinski definition) is 1. The molecule has 20 heavy (non-hydrogen) atoms. The van der Waals surface area contributed by atoms with Gasteiger partial charge in [0.05, 0.1) is 12.8 Å². The predicted molar refractivity (Wildman–Crippen MR) is 79.4 cm³/mol. The van der Waals surface area contributed by atoms with Gasteiger partial charge in [-0.1, -0.05) is 12.1 Å². The minimum atomic E-state index is 0.361. The van der Waals surface area contributed by atoms with E-state index in [1.165, 1.54) is 6.33 Å². The fourth-order valence-electron chi connectivity index (χ4n) is 2.09. The third-order valence-corrected chi connectivity index (χ3v) is 3.74. The van der Waals surface area contributed by atoms with E-state index in [1.54, 1.807) is 18.9 Å². The lowest BCUT2D eigenvalue weighted by Crippen LogP contribution is -2.02. The number of ether oxygens (including phenoxy) is 1. The Morgan fingerprint density at radius 3 is 2.80 bits per heavy atom. The van der Waals surface area contributed by atoms with Gasteiger partial charge in [0.15, 0.2) is 11.2 Å². The molecule has 7 heteroatoms. The molecule has 0 atom stereocenters. The van der Waals surface area contributed by atoms with Crippen molar-refractivity contribution in [3.8, 4) is 11.6 Å². The van der Waals surface area contributed by atoms with Crippen molar-refractivity contribution in [3.63, 3.8) is 0 Å². The van der Waals surface area contributed by atoms with Crippen molar-refractivity contribution in [3.05, 3.63) is 30.6 Å². The van der Waals surface area contributed by atoms with Crippen molar-refractivity contribution >= 4 is 28.9 Å². The lowest BCUT2D eigenvalue weighted by atomic mass is 10.3. The summed E-state index contributed by atoms with van der Waals surface area (Å²) < 4.78 is 7.01. The van der Waals surface area contributed by atoms with Crippen LogP contribution < -0.4 is 10.5 Å². The molecule has 0 unspecified atom stereocenters. The molecule has 0 aliphatic carbocycles. The van der Waals surface area contributed by atoms with Crippen LogP contribution in [0.15, 0.2) is 35.5 Å². The SMILES string of the molecule is COc1ncnc2c1nc(N)n2-c1ccccc1SC. The summed E-state index contributed by atoms with van der Waals surface area (Å²) in [6, 6.07) is 7.96. The van der Waals surface area contributed by atoms with Crippen LogP contribution in [0.3, 0.4) is 0 Å². The first-order valence-electron chi connectivity index (χ1n) is 5.92. The largest absolute Gasteiger partial charge is 0.479 e. The second-order valence-electron chi connectivity index (χ2n) is 4.03. The molecular weight excluding hydrogens is 274 g/mol. The molecule has 2 heterocycles. The predicted octanol–water partition coefficient (Wildman–Crippen LogP) is 2.13. The third kappa shape index (κ3) is 1.87. The van der Waals surface area contributed by atoms with Crippen LogP contribution in [0.2, 0.25) is 0 Å². The zero-order valence-electron chi connectivity index (χ0n) is 11.1. The Balaban J connectivity index is 2.34. The number of para-hydroxylation sites is 1. The van der Waals surface area contributed by atoms with Gasteiger partial charge in [-0.15, -0.1) is 11.8 Å². The lowest BCUT2D eigenvalue weighted by molar-refractivity contribution is 0.401. The second kappa shape index (κ2) is 5.01. The maximum absolute atomic E-state index is 6.05. The minimum Gasteiger partial charge on any atom is -0.479 e. The fraction of sp³-hybridized carbons (Fsp3) is 0.154. The number of fused-ring (bicyclic) bond motifs is 1. The summed E-state index contributed by atoms with van der Waals surface area (Å²) in [6.07, 6.45) is 3.46. The molecule has 0 saturated carbocycles. The van der Waals surface area contributed by atoms with Gasteiger partial charge in [-0.3, -0.25) is 4.57 Å². The van der Waals surface area contributed by atoms with E-state index in [4.69, 9.17) is 10.5 Å². The highest BCUT2D eigenvalue weighted by atomic mass is 32.2. The highest BCUT2D eigenvalue weighted by Gasteiger charge is 2.17. The first-order chi connectivity index (χ1) is 9.76. The molecule has 0 aliphatic rings. The molecule has 0 amide bonds. The van der Waals surface area contributed by atoms with Crippen LogP contribution in [0.4, 0.5) is 5.95 Å². The van der Waals surface area contributed by atoms with E-state index in [-0.39, 0.29) is 0 Å². The normalized spacial score (nSPS) is 10.9. The van der Waals surface area contributed by atoms with Gasteiger partial charge in [0, 0.05) is 4.90 Å². The highest BCUT2D eigenvalue weighted by Crippen LogP contribution is 2.30. The Morgan fingerprint density at radius 1 is 1.25 bits per heavy atom. The number of nitrogens with two attached hydrogens (primary N) is 1. The van der Waals surface area contributed by atoms with Gasteiger partial charge in [0.2, 0.25) is 11.8 Å². The van der Waals surface area contributed by atoms with Gasteiger partial charge in [-0.2, -0.15) is 4.98 Å². The van der Waals surface area contributed by atoms with Crippen LogP contribution in [0.1, 0.15) is 0 Å². The molecule has 3 rings (SSSR count). The van der Waals surface area contributed by atoms with Gasteiger partial charge in [-0.25, -0.2) is 9.97 Å². The molecule has 6 nitrogen and oxygen atoms in total. The van der Waals surface area contributed by atoms with Crippen molar-refractivity contribution in [1.29, 1.82) is 0 Å². The molecular formula is C13H13N5OS. The number of nitrogens with zero attached hydrogens (tertiary/aromatic N) is 4. The summed E-state index contributed by atoms with van der Waals surface area (Å²) in [5.74, 6) is 0.780. The molecule has 0 aliphatic heterocycles. The van der Waals surface area contributed by atoms with E-state index in [1.807, 2.05) is 35.1 Å². The number of imidazole rings is 1. The zero-order valence-corrected chi connectivity index (χ0v) is 11.9. The molecule has 1 aromatic carbocycles. The molecule has 0 bridgehead atoms. The van der Waals surface area contributed by atoms with Gasteiger partial charge in [-0.05, 0) is 18.4 Å². The number of methoxy groups -OCH3 is 1. The summed E-state index contributed by atoms with van der Waals surface area (Å²) in [4.78, 5) is 13.7. The Morgan fingerprint density at radius 2 is 2.05 bits per heavy atom. The second-order valence-corrected chi connectivity index (χ2v) is 4.88. The maximum atomic E-state index is 6.05. The van der Waals surface area contributed by atoms with Crippen molar-refractivity contribution in [1.82, 2.24) is 19.5 Å². The zero-order chi connectivity index (χ0) is 14.1. The minimum absolute atomic E-state index is 0.361. The van der Waals surface area contributed by atoms with Gasteiger partial charge >= 0.3 is 0 Å². The van der Waals surface area contributed by atoms with Crippen LogP contribution >= 0.6 is 11.8 Å². The number of thioether (sulfide) groups is 1. The van der Waals surface area contributed by atoms with Crippen LogP contribution in [-0.4, -0.2) is 32.9 Å². The summed E-state index contributed by atoms with van der Waals surface area (Å²) in [7, 11) is 1.55. The summed E-state index contributed by atoms with van der Waals surface area (Å²) in [6.45, 7) is 0. The van der Waals surface area contributed by atoms with Crippen molar-refractivity contribution in [2.75, 3.05) is 19.1 Å². The van der Waals surface area contributed by atoms with Gasteiger partial charge in [0.1, 0.15) is 6.33 Å². The molecule has 2 N–H and O–H groups in total. The summed E-state index contributed by atoms with van der Waals surface area (Å²) in [5.41, 5.74) is 8.19. The van der Waals surface area contributed by atoms with E-state index in [0.29, 0.717) is 23.0 Å². The number of nitrogen functional groups attached to an aromatic ring is 1. The molecule has 102 valence electrons. The number of aromatic nitrogens is 4. The Labute approximate surface area is 120 Å². The van der Waals surface area contributed by atoms with E-state index in [0.717, 1.165) is 10.6 Å². The smallest absolute Gasteiger partial charge is 0.245 e. The standard InChI is InChI=1S/C13H13N5OS/c1-19-12-10-11(15-7-16-12)18(13(14)17-10)8-5-3-4-6-9(8)20-2/h3-7H,1-2H3,(H2,14,17). The van der Waals surface area contributed by atoms with Crippen LogP contribution in [-0.2, 0) is 0 Å². The van der Waals surface area contributed by atoms with Crippen LogP contribution in [0, 0.1) is 0 Å². The molecule has 0 radical (unpaired) electrons. The third-order valence-electron chi connectivity index (χ3n) is 2.96. The van der Waals surface area contributed by atoms with Gasteiger partial charge in [0.25, 0.3) is 0 Å². The van der Waals surface area contributed by atoms with Crippen molar-refractivity contribution in [2.45, 2.75) is 4.90 Å². The lowest BCUT2D eigenvalue weighted by Gasteiger charge is -2.10. The fourth-order valence-corrected chi connectivity index (χ4v) is 2.67. The van der Waals surface area contributed by atoms with Crippen molar-refractivity contribution in [2.24, 2.45) is 0 Å². The number of hydrogen-bond acceptors (Lipinski definition) is 6. The first-order valence-corrected chi connectivity index (χ1v) is 7.15. The average Bonchev–Trinajstić information content (AvgIpc) is 2.82. The number of benzene rings is 1. The number of rotatable bonds is 3. The van der Waals surface area contributed by atoms with Gasteiger partial charge < -0.3 is 10.5 Å². The number of anilines is 1. The average molecular weight is 287 g/mol. The first kappa shape index (κ1) is 12.7. The molecule has 0 spiro atoms. The summed E-state index contributed by atoms with van der Waals surface area (Å²) in [5, 5.41) is 0.